The lowest BCUT2D eigenvalue weighted by Gasteiger charge is -2.19. The molecule has 0 spiro atoms. The molecule has 116 valence electrons. The highest BCUT2D eigenvalue weighted by Crippen LogP contribution is 2.36. The van der Waals surface area contributed by atoms with Crippen molar-refractivity contribution < 1.29 is 19.0 Å². The number of halogens is 1. The highest BCUT2D eigenvalue weighted by Gasteiger charge is 2.24. The van der Waals surface area contributed by atoms with Crippen LogP contribution in [0.3, 0.4) is 0 Å². The lowest BCUT2D eigenvalue weighted by Crippen LogP contribution is -2.26. The summed E-state index contributed by atoms with van der Waals surface area (Å²) in [6.45, 7) is 2.25. The summed E-state index contributed by atoms with van der Waals surface area (Å²) in [5, 5.41) is 3.97. The van der Waals surface area contributed by atoms with Crippen molar-refractivity contribution >= 4 is 17.6 Å². The zero-order valence-electron chi connectivity index (χ0n) is 12.4. The molecular weight excluding hydrogens is 294 g/mol. The van der Waals surface area contributed by atoms with Gasteiger partial charge in [-0.1, -0.05) is 11.6 Å². The normalized spacial score (nSPS) is 15.4. The van der Waals surface area contributed by atoms with Gasteiger partial charge in [-0.05, 0) is 25.8 Å². The highest BCUT2D eigenvalue weighted by atomic mass is 35.5. The predicted molar refractivity (Wildman–Crippen MR) is 80.0 cm³/mol. The average molecular weight is 314 g/mol. The largest absolute Gasteiger partial charge is 0.493 e. The molecule has 0 aromatic heterocycles. The van der Waals surface area contributed by atoms with Gasteiger partial charge in [-0.15, -0.1) is 0 Å². The lowest BCUT2D eigenvalue weighted by molar-refractivity contribution is -0.147. The van der Waals surface area contributed by atoms with Crippen molar-refractivity contribution in [1.82, 2.24) is 5.32 Å². The SMILES string of the molecule is COC(=O)C(C)Oc1c(CNC2CC2)cc(Cl)cc1OC. The quantitative estimate of drug-likeness (QED) is 0.784. The third-order valence-electron chi connectivity index (χ3n) is 3.30. The van der Waals surface area contributed by atoms with Crippen LogP contribution in [0.1, 0.15) is 25.3 Å². The Morgan fingerprint density at radius 2 is 2.14 bits per heavy atom. The lowest BCUT2D eigenvalue weighted by atomic mass is 10.1. The molecule has 1 N–H and O–H groups in total. The smallest absolute Gasteiger partial charge is 0.346 e. The zero-order valence-corrected chi connectivity index (χ0v) is 13.2. The van der Waals surface area contributed by atoms with Crippen molar-refractivity contribution in [2.45, 2.75) is 38.5 Å². The van der Waals surface area contributed by atoms with E-state index in [1.807, 2.05) is 6.07 Å². The molecule has 0 saturated heterocycles. The van der Waals surface area contributed by atoms with Gasteiger partial charge >= 0.3 is 5.97 Å². The molecule has 1 fully saturated rings. The van der Waals surface area contributed by atoms with Gasteiger partial charge in [0.15, 0.2) is 17.6 Å². The number of rotatable bonds is 7. The molecule has 0 radical (unpaired) electrons. The summed E-state index contributed by atoms with van der Waals surface area (Å²) < 4.78 is 15.7. The van der Waals surface area contributed by atoms with Gasteiger partial charge in [0.2, 0.25) is 0 Å². The van der Waals surface area contributed by atoms with Crippen LogP contribution in [0.15, 0.2) is 12.1 Å². The molecule has 0 bridgehead atoms. The van der Waals surface area contributed by atoms with Crippen LogP contribution in [-0.2, 0) is 16.1 Å². The Kier molecular flexibility index (Phi) is 5.31. The van der Waals surface area contributed by atoms with Gasteiger partial charge in [-0.2, -0.15) is 0 Å². The first-order valence-corrected chi connectivity index (χ1v) is 7.27. The second-order valence-electron chi connectivity index (χ2n) is 5.03. The predicted octanol–water partition coefficient (Wildman–Crippen LogP) is 2.54. The van der Waals surface area contributed by atoms with Gasteiger partial charge in [0, 0.05) is 29.2 Å². The number of carbonyl (C=O) groups is 1. The Morgan fingerprint density at radius 3 is 2.71 bits per heavy atom. The number of carbonyl (C=O) groups excluding carboxylic acids is 1. The summed E-state index contributed by atoms with van der Waals surface area (Å²) >= 11 is 6.10. The minimum Gasteiger partial charge on any atom is -0.493 e. The van der Waals surface area contributed by atoms with E-state index < -0.39 is 12.1 Å². The van der Waals surface area contributed by atoms with E-state index in [2.05, 4.69) is 10.1 Å². The van der Waals surface area contributed by atoms with Gasteiger partial charge in [0.1, 0.15) is 0 Å². The molecule has 1 aliphatic carbocycles. The fourth-order valence-electron chi connectivity index (χ4n) is 1.97. The number of methoxy groups -OCH3 is 2. The minimum absolute atomic E-state index is 0.437. The number of benzene rings is 1. The topological polar surface area (TPSA) is 56.8 Å². The Bertz CT molecular complexity index is 517. The van der Waals surface area contributed by atoms with E-state index in [-0.39, 0.29) is 0 Å². The summed E-state index contributed by atoms with van der Waals surface area (Å²) in [4.78, 5) is 11.5. The summed E-state index contributed by atoms with van der Waals surface area (Å²) in [5.74, 6) is 0.590. The summed E-state index contributed by atoms with van der Waals surface area (Å²) in [5.41, 5.74) is 0.863. The first kappa shape index (κ1) is 15.9. The first-order valence-electron chi connectivity index (χ1n) is 6.89. The van der Waals surface area contributed by atoms with Gasteiger partial charge in [0.25, 0.3) is 0 Å². The maximum absolute atomic E-state index is 11.5. The van der Waals surface area contributed by atoms with Crippen LogP contribution in [0.4, 0.5) is 0 Å². The molecule has 1 unspecified atom stereocenters. The maximum Gasteiger partial charge on any atom is 0.346 e. The number of hydrogen-bond donors (Lipinski definition) is 1. The summed E-state index contributed by atoms with van der Waals surface area (Å²) in [6, 6.07) is 4.04. The fraction of sp³-hybridized carbons (Fsp3) is 0.533. The molecular formula is C15H20ClNO4. The third kappa shape index (κ3) is 4.25. The van der Waals surface area contributed by atoms with Crippen LogP contribution in [-0.4, -0.2) is 32.3 Å². The molecule has 0 heterocycles. The monoisotopic (exact) mass is 313 g/mol. The van der Waals surface area contributed by atoms with Crippen LogP contribution in [0.5, 0.6) is 11.5 Å². The van der Waals surface area contributed by atoms with E-state index >= 15 is 0 Å². The number of ether oxygens (including phenoxy) is 3. The zero-order chi connectivity index (χ0) is 15.4. The van der Waals surface area contributed by atoms with Crippen molar-refractivity contribution in [1.29, 1.82) is 0 Å². The Morgan fingerprint density at radius 1 is 1.43 bits per heavy atom. The fourth-order valence-corrected chi connectivity index (χ4v) is 2.20. The van der Waals surface area contributed by atoms with E-state index in [0.29, 0.717) is 29.1 Å². The second kappa shape index (κ2) is 7.00. The molecule has 2 rings (SSSR count). The number of esters is 1. The van der Waals surface area contributed by atoms with Crippen LogP contribution in [0.25, 0.3) is 0 Å². The molecule has 1 aromatic rings. The van der Waals surface area contributed by atoms with Crippen molar-refractivity contribution in [3.63, 3.8) is 0 Å². The van der Waals surface area contributed by atoms with E-state index in [9.17, 15) is 4.79 Å². The van der Waals surface area contributed by atoms with Gasteiger partial charge < -0.3 is 19.5 Å². The van der Waals surface area contributed by atoms with E-state index in [4.69, 9.17) is 21.1 Å². The molecule has 21 heavy (non-hydrogen) atoms. The molecule has 1 aliphatic rings. The van der Waals surface area contributed by atoms with Crippen LogP contribution in [0.2, 0.25) is 5.02 Å². The van der Waals surface area contributed by atoms with E-state index in [0.717, 1.165) is 5.56 Å². The second-order valence-corrected chi connectivity index (χ2v) is 5.47. The first-order chi connectivity index (χ1) is 10.0. The van der Waals surface area contributed by atoms with Crippen LogP contribution < -0.4 is 14.8 Å². The van der Waals surface area contributed by atoms with Gasteiger partial charge in [0.05, 0.1) is 14.2 Å². The van der Waals surface area contributed by atoms with Crippen molar-refractivity contribution in [3.8, 4) is 11.5 Å². The van der Waals surface area contributed by atoms with Gasteiger partial charge in [-0.3, -0.25) is 0 Å². The molecule has 5 nitrogen and oxygen atoms in total. The van der Waals surface area contributed by atoms with E-state index in [1.165, 1.54) is 20.0 Å². The molecule has 0 amide bonds. The molecule has 6 heteroatoms. The van der Waals surface area contributed by atoms with Crippen LogP contribution in [0, 0.1) is 0 Å². The van der Waals surface area contributed by atoms with Crippen molar-refractivity contribution in [3.05, 3.63) is 22.7 Å². The molecule has 0 aliphatic heterocycles. The third-order valence-corrected chi connectivity index (χ3v) is 3.52. The van der Waals surface area contributed by atoms with Gasteiger partial charge in [-0.25, -0.2) is 4.79 Å². The summed E-state index contributed by atoms with van der Waals surface area (Å²) in [6.07, 6.45) is 1.66. The molecule has 1 aromatic carbocycles. The number of hydrogen-bond acceptors (Lipinski definition) is 5. The number of nitrogens with one attached hydrogen (secondary N) is 1. The Balaban J connectivity index is 2.23. The standard InChI is InChI=1S/C15H20ClNO4/c1-9(15(18)20-3)21-14-10(8-17-12-4-5-12)6-11(16)7-13(14)19-2/h6-7,9,12,17H,4-5,8H2,1-3H3. The van der Waals surface area contributed by atoms with Crippen molar-refractivity contribution in [2.75, 3.05) is 14.2 Å². The van der Waals surface area contributed by atoms with Crippen LogP contribution >= 0.6 is 11.6 Å². The maximum atomic E-state index is 11.5. The minimum atomic E-state index is -0.718. The average Bonchev–Trinajstić information content (AvgIpc) is 3.29. The Hall–Kier alpha value is -1.46. The molecule has 1 atom stereocenters. The summed E-state index contributed by atoms with van der Waals surface area (Å²) in [7, 11) is 2.87. The highest BCUT2D eigenvalue weighted by molar-refractivity contribution is 6.30. The van der Waals surface area contributed by atoms with Crippen molar-refractivity contribution in [2.24, 2.45) is 0 Å². The Labute approximate surface area is 129 Å². The van der Waals surface area contributed by atoms with E-state index in [1.54, 1.807) is 20.1 Å². The molecule has 1 saturated carbocycles.